The summed E-state index contributed by atoms with van der Waals surface area (Å²) in [6.45, 7) is 2.18. The number of nitrogens with zero attached hydrogens (tertiary/aromatic N) is 3. The van der Waals surface area contributed by atoms with Crippen LogP contribution in [0.5, 0.6) is 0 Å². The Morgan fingerprint density at radius 3 is 2.93 bits per heavy atom. The first kappa shape index (κ1) is 19.3. The van der Waals surface area contributed by atoms with Crippen LogP contribution in [0.2, 0.25) is 0 Å². The molecule has 1 amide bonds. The van der Waals surface area contributed by atoms with Crippen LogP contribution in [0.4, 0.5) is 0 Å². The molecule has 1 spiro atoms. The molecule has 2 heterocycles. The second kappa shape index (κ2) is 8.57. The summed E-state index contributed by atoms with van der Waals surface area (Å²) in [4.78, 5) is 23.6. The second-order valence-corrected chi connectivity index (χ2v) is 7.53. The maximum Gasteiger partial charge on any atom is 0.220 e. The van der Waals surface area contributed by atoms with Gasteiger partial charge in [-0.25, -0.2) is 0 Å². The van der Waals surface area contributed by atoms with Crippen molar-refractivity contribution >= 4 is 17.8 Å². The van der Waals surface area contributed by atoms with E-state index < -0.39 is 5.54 Å². The lowest BCUT2D eigenvalue weighted by molar-refractivity contribution is -0.121. The molecule has 1 aromatic carbocycles. The highest BCUT2D eigenvalue weighted by Crippen LogP contribution is 2.39. The maximum atomic E-state index is 12.1. The number of nitrogens with two attached hydrogens (primary N) is 1. The molecule has 1 unspecified atom stereocenters. The molecule has 0 aromatic heterocycles. The number of dihydropyridines is 1. The van der Waals surface area contributed by atoms with E-state index in [1.807, 2.05) is 42.6 Å². The molecule has 6 heteroatoms. The van der Waals surface area contributed by atoms with E-state index in [-0.39, 0.29) is 5.91 Å². The van der Waals surface area contributed by atoms with Gasteiger partial charge < -0.3 is 11.1 Å². The molecule has 150 valence electrons. The summed E-state index contributed by atoms with van der Waals surface area (Å²) in [6, 6.07) is 10.1. The second-order valence-electron chi connectivity index (χ2n) is 7.53. The van der Waals surface area contributed by atoms with Gasteiger partial charge in [0, 0.05) is 25.7 Å². The van der Waals surface area contributed by atoms with E-state index in [4.69, 9.17) is 5.73 Å². The minimum atomic E-state index is -0.424. The van der Waals surface area contributed by atoms with Gasteiger partial charge in [-0.15, -0.1) is 0 Å². The fraction of sp³-hybridized carbons (Fsp3) is 0.348. The van der Waals surface area contributed by atoms with Gasteiger partial charge in [-0.3, -0.25) is 19.7 Å². The van der Waals surface area contributed by atoms with Crippen LogP contribution >= 0.6 is 0 Å². The molecule has 1 aromatic rings. The van der Waals surface area contributed by atoms with Crippen LogP contribution < -0.4 is 11.1 Å². The Bertz CT molecular complexity index is 912. The molecular formula is C23H27N5O. The average molecular weight is 390 g/mol. The first-order chi connectivity index (χ1) is 14.2. The van der Waals surface area contributed by atoms with Crippen LogP contribution in [-0.2, 0) is 11.2 Å². The molecule has 6 nitrogen and oxygen atoms in total. The maximum absolute atomic E-state index is 12.1. The minimum absolute atomic E-state index is 0.110. The third-order valence-electron chi connectivity index (χ3n) is 5.64. The smallest absolute Gasteiger partial charge is 0.220 e. The monoisotopic (exact) mass is 389 g/mol. The number of benzene rings is 1. The number of carbonyl (C=O) groups excluding carboxylic acids is 1. The number of hydrogen-bond donors (Lipinski definition) is 2. The Balaban J connectivity index is 1.22. The van der Waals surface area contributed by atoms with Crippen LogP contribution in [0.15, 0.2) is 76.0 Å². The van der Waals surface area contributed by atoms with Crippen LogP contribution in [0.25, 0.3) is 0 Å². The van der Waals surface area contributed by atoms with Gasteiger partial charge >= 0.3 is 0 Å². The van der Waals surface area contributed by atoms with Crippen LogP contribution in [0.3, 0.4) is 0 Å². The summed E-state index contributed by atoms with van der Waals surface area (Å²) in [7, 11) is 0. The number of aliphatic imine (C=N–C) groups is 2. The van der Waals surface area contributed by atoms with Gasteiger partial charge in [0.15, 0.2) is 0 Å². The van der Waals surface area contributed by atoms with E-state index in [0.29, 0.717) is 25.3 Å². The summed E-state index contributed by atoms with van der Waals surface area (Å²) in [6.07, 6.45) is 13.0. The largest absolute Gasteiger partial charge is 0.397 e. The number of unbranched alkanes of at least 4 members (excludes halogenated alkanes) is 1. The first-order valence-corrected chi connectivity index (χ1v) is 10.2. The topological polar surface area (TPSA) is 83.1 Å². The molecule has 1 aliphatic carbocycles. The molecule has 0 saturated heterocycles. The lowest BCUT2D eigenvalue weighted by Gasteiger charge is -2.40. The van der Waals surface area contributed by atoms with Gasteiger partial charge in [0.2, 0.25) is 5.91 Å². The van der Waals surface area contributed by atoms with E-state index in [1.54, 1.807) is 0 Å². The summed E-state index contributed by atoms with van der Waals surface area (Å²) >= 11 is 0. The van der Waals surface area contributed by atoms with Crippen LogP contribution in [0, 0.1) is 0 Å². The van der Waals surface area contributed by atoms with Crippen molar-refractivity contribution in [3.63, 3.8) is 0 Å². The Morgan fingerprint density at radius 1 is 1.21 bits per heavy atom. The van der Waals surface area contributed by atoms with Crippen molar-refractivity contribution in [3.8, 4) is 0 Å². The quantitative estimate of drug-likeness (QED) is 0.670. The Kier molecular flexibility index (Phi) is 5.71. The van der Waals surface area contributed by atoms with Gasteiger partial charge in [-0.05, 0) is 43.1 Å². The highest BCUT2D eigenvalue weighted by atomic mass is 16.1. The molecule has 0 bridgehead atoms. The molecule has 3 aliphatic rings. The molecular weight excluding hydrogens is 362 g/mol. The van der Waals surface area contributed by atoms with Crippen molar-refractivity contribution in [2.45, 2.75) is 31.2 Å². The molecule has 4 rings (SSSR count). The van der Waals surface area contributed by atoms with Gasteiger partial charge in [-0.2, -0.15) is 0 Å². The molecule has 29 heavy (non-hydrogen) atoms. The van der Waals surface area contributed by atoms with E-state index in [9.17, 15) is 4.79 Å². The van der Waals surface area contributed by atoms with Crippen molar-refractivity contribution in [3.05, 3.63) is 71.6 Å². The van der Waals surface area contributed by atoms with Crippen molar-refractivity contribution in [2.24, 2.45) is 15.7 Å². The molecule has 3 N–H and O–H groups in total. The number of rotatable bonds is 8. The van der Waals surface area contributed by atoms with Crippen molar-refractivity contribution in [1.29, 1.82) is 0 Å². The predicted octanol–water partition coefficient (Wildman–Crippen LogP) is 2.35. The fourth-order valence-electron chi connectivity index (χ4n) is 4.12. The highest BCUT2D eigenvalue weighted by Gasteiger charge is 2.49. The SMILES string of the molecule is NC1=CC=C2N=CC=CC23C1=NCN3CCCCNC(=O)CCc1ccccc1. The van der Waals surface area contributed by atoms with Gasteiger partial charge in [-0.1, -0.05) is 36.4 Å². The van der Waals surface area contributed by atoms with Gasteiger partial charge in [0.05, 0.1) is 23.8 Å². The van der Waals surface area contributed by atoms with Crippen molar-refractivity contribution in [2.75, 3.05) is 19.8 Å². The summed E-state index contributed by atoms with van der Waals surface area (Å²) in [5.74, 6) is 0.110. The molecule has 0 radical (unpaired) electrons. The number of allylic oxidation sites excluding steroid dienone is 3. The lowest BCUT2D eigenvalue weighted by Crippen LogP contribution is -2.53. The van der Waals surface area contributed by atoms with E-state index in [0.717, 1.165) is 37.2 Å². The van der Waals surface area contributed by atoms with Crippen LogP contribution in [0.1, 0.15) is 24.8 Å². The molecule has 0 saturated carbocycles. The molecule has 1 atom stereocenters. The number of aryl methyl sites for hydroxylation is 1. The zero-order valence-corrected chi connectivity index (χ0v) is 16.6. The Hall–Kier alpha value is -2.99. The zero-order valence-electron chi connectivity index (χ0n) is 16.6. The Labute approximate surface area is 171 Å². The third-order valence-corrected chi connectivity index (χ3v) is 5.64. The Morgan fingerprint density at radius 2 is 2.07 bits per heavy atom. The minimum Gasteiger partial charge on any atom is -0.397 e. The van der Waals surface area contributed by atoms with E-state index in [1.165, 1.54) is 5.56 Å². The summed E-state index contributed by atoms with van der Waals surface area (Å²) in [5, 5.41) is 3.03. The standard InChI is InChI=1S/C23H27N5O/c24-19-10-11-20-23(13-6-15-25-20)22(19)27-17-28(23)16-5-4-14-26-21(29)12-9-18-7-2-1-3-8-18/h1-3,6-8,10-11,13,15H,4-5,9,12,14,16-17,24H2,(H,26,29). The zero-order chi connectivity index (χ0) is 20.1. The predicted molar refractivity (Wildman–Crippen MR) is 117 cm³/mol. The number of amides is 1. The number of carbonyl (C=O) groups is 1. The van der Waals surface area contributed by atoms with E-state index in [2.05, 4.69) is 38.4 Å². The number of hydrogen-bond acceptors (Lipinski definition) is 5. The van der Waals surface area contributed by atoms with Crippen molar-refractivity contribution in [1.82, 2.24) is 10.2 Å². The van der Waals surface area contributed by atoms with E-state index >= 15 is 0 Å². The average Bonchev–Trinajstić information content (AvgIpc) is 3.12. The lowest BCUT2D eigenvalue weighted by atomic mass is 9.82. The first-order valence-electron chi connectivity index (χ1n) is 10.2. The summed E-state index contributed by atoms with van der Waals surface area (Å²) < 4.78 is 0. The molecule has 0 fully saturated rings. The highest BCUT2D eigenvalue weighted by molar-refractivity contribution is 6.13. The fourth-order valence-corrected chi connectivity index (χ4v) is 4.12. The van der Waals surface area contributed by atoms with Gasteiger partial charge in [0.1, 0.15) is 5.54 Å². The number of nitrogens with one attached hydrogen (secondary N) is 1. The van der Waals surface area contributed by atoms with Crippen molar-refractivity contribution < 1.29 is 4.79 Å². The summed E-state index contributed by atoms with van der Waals surface area (Å²) in [5.41, 5.74) is 9.54. The molecule has 2 aliphatic heterocycles. The van der Waals surface area contributed by atoms with Crippen LogP contribution in [-0.4, -0.2) is 48.0 Å². The normalized spacial score (nSPS) is 22.4. The third kappa shape index (κ3) is 3.93. The van der Waals surface area contributed by atoms with Gasteiger partial charge in [0.25, 0.3) is 0 Å².